The van der Waals surface area contributed by atoms with Gasteiger partial charge < -0.3 is 9.84 Å². The highest BCUT2D eigenvalue weighted by Gasteiger charge is 2.33. The van der Waals surface area contributed by atoms with E-state index < -0.39 is 10.5 Å². The molecule has 0 saturated carbocycles. The molecular formula is C15H19NO4. The number of phenols is 1. The fourth-order valence-electron chi connectivity index (χ4n) is 2.60. The smallest absolute Gasteiger partial charge is 0.234 e. The molecule has 0 bridgehead atoms. The molecule has 20 heavy (non-hydrogen) atoms. The minimum absolute atomic E-state index is 0.314. The summed E-state index contributed by atoms with van der Waals surface area (Å²) in [6.45, 7) is 7.46. The zero-order valence-electron chi connectivity index (χ0n) is 12.2. The lowest BCUT2D eigenvalue weighted by molar-refractivity contribution is -0.403. The van der Waals surface area contributed by atoms with Gasteiger partial charge >= 0.3 is 0 Å². The first-order chi connectivity index (χ1) is 9.25. The Balaban J connectivity index is 2.47. The van der Waals surface area contributed by atoms with Gasteiger partial charge in [-0.1, -0.05) is 0 Å². The minimum atomic E-state index is -0.680. The zero-order valence-corrected chi connectivity index (χ0v) is 12.2. The van der Waals surface area contributed by atoms with Crippen molar-refractivity contribution < 1.29 is 14.8 Å². The van der Waals surface area contributed by atoms with Gasteiger partial charge in [-0.2, -0.15) is 0 Å². The van der Waals surface area contributed by atoms with Gasteiger partial charge in [0.05, 0.1) is 4.92 Å². The Morgan fingerprint density at radius 2 is 1.95 bits per heavy atom. The predicted molar refractivity (Wildman–Crippen MR) is 75.8 cm³/mol. The molecular weight excluding hydrogens is 258 g/mol. The van der Waals surface area contributed by atoms with Gasteiger partial charge in [-0.25, -0.2) is 0 Å². The molecule has 1 atom stereocenters. The number of hydrogen-bond acceptors (Lipinski definition) is 4. The Hall–Kier alpha value is -2.04. The third-order valence-electron chi connectivity index (χ3n) is 4.10. The lowest BCUT2D eigenvalue weighted by atomic mass is 9.87. The summed E-state index contributed by atoms with van der Waals surface area (Å²) >= 11 is 0. The normalized spacial score (nSPS) is 21.6. The van der Waals surface area contributed by atoms with E-state index in [9.17, 15) is 15.2 Å². The topological polar surface area (TPSA) is 72.6 Å². The molecule has 0 radical (unpaired) electrons. The standard InChI is InChI=1S/C15H19NO4/c1-9-10(2)14-12(11(3)13(9)17)5-6-15(4,20-14)7-8-16(18)19/h7-8,17H,5-6H2,1-4H3/b8-7+. The van der Waals surface area contributed by atoms with Crippen LogP contribution in [-0.4, -0.2) is 15.6 Å². The molecule has 5 heteroatoms. The molecule has 0 amide bonds. The third-order valence-corrected chi connectivity index (χ3v) is 4.10. The number of nitrogens with zero attached hydrogens (tertiary/aromatic N) is 1. The monoisotopic (exact) mass is 277 g/mol. The van der Waals surface area contributed by atoms with Crippen LogP contribution in [0.3, 0.4) is 0 Å². The van der Waals surface area contributed by atoms with Crippen LogP contribution in [0, 0.1) is 30.9 Å². The van der Waals surface area contributed by atoms with Crippen LogP contribution >= 0.6 is 0 Å². The summed E-state index contributed by atoms with van der Waals surface area (Å²) in [5, 5.41) is 20.6. The number of nitro groups is 1. The molecule has 0 aromatic heterocycles. The highest BCUT2D eigenvalue weighted by atomic mass is 16.6. The summed E-state index contributed by atoms with van der Waals surface area (Å²) < 4.78 is 6.01. The Morgan fingerprint density at radius 1 is 1.30 bits per heavy atom. The van der Waals surface area contributed by atoms with Gasteiger partial charge in [0, 0.05) is 11.6 Å². The number of hydrogen-bond donors (Lipinski definition) is 1. The second kappa shape index (κ2) is 4.81. The molecule has 5 nitrogen and oxygen atoms in total. The summed E-state index contributed by atoms with van der Waals surface area (Å²) in [7, 11) is 0. The van der Waals surface area contributed by atoms with Gasteiger partial charge in [-0.15, -0.1) is 0 Å². The maximum Gasteiger partial charge on any atom is 0.234 e. The lowest BCUT2D eigenvalue weighted by Crippen LogP contribution is -2.35. The van der Waals surface area contributed by atoms with Crippen molar-refractivity contribution in [1.82, 2.24) is 0 Å². The van der Waals surface area contributed by atoms with Gasteiger partial charge in [-0.05, 0) is 57.2 Å². The summed E-state index contributed by atoms with van der Waals surface area (Å²) in [6, 6.07) is 0. The van der Waals surface area contributed by atoms with E-state index >= 15 is 0 Å². The van der Waals surface area contributed by atoms with Crippen LogP contribution < -0.4 is 4.74 Å². The predicted octanol–water partition coefficient (Wildman–Crippen LogP) is 3.19. The van der Waals surface area contributed by atoms with Crippen LogP contribution in [-0.2, 0) is 6.42 Å². The molecule has 0 spiro atoms. The van der Waals surface area contributed by atoms with Crippen molar-refractivity contribution >= 4 is 0 Å². The van der Waals surface area contributed by atoms with Crippen LogP contribution in [0.1, 0.15) is 35.6 Å². The summed E-state index contributed by atoms with van der Waals surface area (Å²) in [5.41, 5.74) is 2.84. The first-order valence-corrected chi connectivity index (χ1v) is 6.58. The van der Waals surface area contributed by atoms with Gasteiger partial charge in [0.25, 0.3) is 0 Å². The number of ether oxygens (including phenoxy) is 1. The Morgan fingerprint density at radius 3 is 2.55 bits per heavy atom. The van der Waals surface area contributed by atoms with E-state index in [2.05, 4.69) is 0 Å². The maximum atomic E-state index is 10.5. The van der Waals surface area contributed by atoms with Crippen molar-refractivity contribution in [3.63, 3.8) is 0 Å². The van der Waals surface area contributed by atoms with Crippen molar-refractivity contribution in [2.24, 2.45) is 0 Å². The van der Waals surface area contributed by atoms with E-state index in [0.717, 1.165) is 40.6 Å². The number of fused-ring (bicyclic) bond motifs is 1. The van der Waals surface area contributed by atoms with Crippen LogP contribution in [0.25, 0.3) is 0 Å². The van der Waals surface area contributed by atoms with Crippen molar-refractivity contribution in [2.75, 3.05) is 0 Å². The quantitative estimate of drug-likeness (QED) is 0.665. The van der Waals surface area contributed by atoms with Crippen molar-refractivity contribution in [2.45, 2.75) is 46.1 Å². The molecule has 1 aliphatic rings. The van der Waals surface area contributed by atoms with Gasteiger partial charge in [0.15, 0.2) is 0 Å². The third kappa shape index (κ3) is 2.35. The second-order valence-electron chi connectivity index (χ2n) is 5.55. The van der Waals surface area contributed by atoms with Gasteiger partial charge in [-0.3, -0.25) is 10.1 Å². The van der Waals surface area contributed by atoms with Gasteiger partial charge in [0.1, 0.15) is 17.1 Å². The second-order valence-corrected chi connectivity index (χ2v) is 5.55. The molecule has 1 aromatic carbocycles. The van der Waals surface area contributed by atoms with Crippen molar-refractivity contribution in [3.8, 4) is 11.5 Å². The molecule has 1 aromatic rings. The summed E-state index contributed by atoms with van der Waals surface area (Å²) in [5.74, 6) is 1.06. The average molecular weight is 277 g/mol. The van der Waals surface area contributed by atoms with E-state index in [-0.39, 0.29) is 0 Å². The molecule has 1 heterocycles. The molecule has 1 unspecified atom stereocenters. The number of benzene rings is 1. The molecule has 0 fully saturated rings. The molecule has 108 valence electrons. The Kier molecular flexibility index (Phi) is 3.46. The van der Waals surface area contributed by atoms with E-state index in [0.29, 0.717) is 12.2 Å². The van der Waals surface area contributed by atoms with Crippen molar-refractivity contribution in [3.05, 3.63) is 44.6 Å². The first-order valence-electron chi connectivity index (χ1n) is 6.58. The van der Waals surface area contributed by atoms with Crippen LogP contribution in [0.2, 0.25) is 0 Å². The van der Waals surface area contributed by atoms with Crippen LogP contribution in [0.4, 0.5) is 0 Å². The van der Waals surface area contributed by atoms with E-state index in [4.69, 9.17) is 4.74 Å². The van der Waals surface area contributed by atoms with Crippen LogP contribution in [0.15, 0.2) is 12.3 Å². The molecule has 1 aliphatic heterocycles. The zero-order chi connectivity index (χ0) is 15.1. The summed E-state index contributed by atoms with van der Waals surface area (Å²) in [4.78, 5) is 10.00. The van der Waals surface area contributed by atoms with Crippen molar-refractivity contribution in [1.29, 1.82) is 0 Å². The Labute approximate surface area is 118 Å². The number of phenolic OH excluding ortho intramolecular Hbond substituents is 1. The SMILES string of the molecule is Cc1c(C)c2c(c(C)c1O)CCC(C)(/C=C/[N+](=O)[O-])O2. The Bertz CT molecular complexity index is 607. The minimum Gasteiger partial charge on any atom is -0.507 e. The molecule has 0 saturated heterocycles. The molecule has 1 N–H and O–H groups in total. The largest absolute Gasteiger partial charge is 0.507 e. The maximum absolute atomic E-state index is 10.5. The highest BCUT2D eigenvalue weighted by Crippen LogP contribution is 2.43. The van der Waals surface area contributed by atoms with Crippen LogP contribution in [0.5, 0.6) is 11.5 Å². The van der Waals surface area contributed by atoms with E-state index in [1.165, 1.54) is 6.08 Å². The average Bonchev–Trinajstić information content (AvgIpc) is 2.41. The van der Waals surface area contributed by atoms with E-state index in [1.807, 2.05) is 27.7 Å². The molecule has 0 aliphatic carbocycles. The van der Waals surface area contributed by atoms with Gasteiger partial charge in [0.2, 0.25) is 6.20 Å². The lowest BCUT2D eigenvalue weighted by Gasteiger charge is -2.35. The summed E-state index contributed by atoms with van der Waals surface area (Å²) in [6.07, 6.45) is 3.80. The molecule has 2 rings (SSSR count). The highest BCUT2D eigenvalue weighted by molar-refractivity contribution is 5.58. The number of rotatable bonds is 2. The van der Waals surface area contributed by atoms with E-state index in [1.54, 1.807) is 0 Å². The fourth-order valence-corrected chi connectivity index (χ4v) is 2.60. The number of aromatic hydroxyl groups is 1. The fraction of sp³-hybridized carbons (Fsp3) is 0.467. The first kappa shape index (κ1) is 14.4.